The number of rotatable bonds is 5. The van der Waals surface area contributed by atoms with E-state index < -0.39 is 0 Å². The molecule has 4 heteroatoms. The Balaban J connectivity index is 1.92. The van der Waals surface area contributed by atoms with Crippen molar-refractivity contribution < 1.29 is 9.21 Å². The highest BCUT2D eigenvalue weighted by molar-refractivity contribution is 5.79. The van der Waals surface area contributed by atoms with Crippen molar-refractivity contribution in [3.05, 3.63) is 23.7 Å². The minimum Gasteiger partial charge on any atom is -0.465 e. The predicted molar refractivity (Wildman–Crippen MR) is 79.4 cm³/mol. The summed E-state index contributed by atoms with van der Waals surface area (Å²) in [5.74, 6) is 2.42. The number of aryl methyl sites for hydroxylation is 1. The quantitative estimate of drug-likeness (QED) is 0.831. The Bertz CT molecular complexity index is 437. The van der Waals surface area contributed by atoms with E-state index in [0.717, 1.165) is 57.1 Å². The SMILES string of the molecule is CCN(CC)C(=O)C1CCCN(Cc2ccc(C)o2)C1. The maximum atomic E-state index is 12.4. The summed E-state index contributed by atoms with van der Waals surface area (Å²) >= 11 is 0. The van der Waals surface area contributed by atoms with Crippen molar-refractivity contribution in [1.29, 1.82) is 0 Å². The van der Waals surface area contributed by atoms with Gasteiger partial charge in [-0.15, -0.1) is 0 Å². The van der Waals surface area contributed by atoms with E-state index in [2.05, 4.69) is 4.90 Å². The van der Waals surface area contributed by atoms with Crippen LogP contribution in [0.2, 0.25) is 0 Å². The highest BCUT2D eigenvalue weighted by Gasteiger charge is 2.28. The van der Waals surface area contributed by atoms with Gasteiger partial charge in [0, 0.05) is 19.6 Å². The van der Waals surface area contributed by atoms with Gasteiger partial charge in [0.1, 0.15) is 11.5 Å². The number of furan rings is 1. The van der Waals surface area contributed by atoms with Crippen LogP contribution >= 0.6 is 0 Å². The third-order valence-corrected chi connectivity index (χ3v) is 4.11. The third kappa shape index (κ3) is 3.63. The number of piperidine rings is 1. The molecule has 112 valence electrons. The van der Waals surface area contributed by atoms with E-state index in [4.69, 9.17) is 4.42 Å². The van der Waals surface area contributed by atoms with E-state index in [9.17, 15) is 4.79 Å². The molecule has 4 nitrogen and oxygen atoms in total. The second-order valence-electron chi connectivity index (χ2n) is 5.60. The molecular formula is C16H26N2O2. The molecule has 0 N–H and O–H groups in total. The minimum absolute atomic E-state index is 0.153. The summed E-state index contributed by atoms with van der Waals surface area (Å²) < 4.78 is 5.63. The lowest BCUT2D eigenvalue weighted by molar-refractivity contribution is -0.137. The lowest BCUT2D eigenvalue weighted by Crippen LogP contribution is -2.44. The zero-order valence-electron chi connectivity index (χ0n) is 12.9. The Hall–Kier alpha value is -1.29. The lowest BCUT2D eigenvalue weighted by Gasteiger charge is -2.34. The number of hydrogen-bond acceptors (Lipinski definition) is 3. The number of likely N-dealkylation sites (tertiary alicyclic amines) is 1. The zero-order chi connectivity index (χ0) is 14.5. The number of carbonyl (C=O) groups is 1. The van der Waals surface area contributed by atoms with Crippen molar-refractivity contribution in [2.75, 3.05) is 26.2 Å². The number of amides is 1. The average Bonchev–Trinajstić information content (AvgIpc) is 2.85. The van der Waals surface area contributed by atoms with Crippen LogP contribution in [-0.4, -0.2) is 41.9 Å². The maximum absolute atomic E-state index is 12.4. The van der Waals surface area contributed by atoms with Gasteiger partial charge in [-0.05, 0) is 52.3 Å². The number of hydrogen-bond donors (Lipinski definition) is 0. The normalized spacial score (nSPS) is 20.1. The van der Waals surface area contributed by atoms with Crippen LogP contribution in [0.25, 0.3) is 0 Å². The van der Waals surface area contributed by atoms with E-state index in [1.54, 1.807) is 0 Å². The van der Waals surface area contributed by atoms with Crippen LogP contribution in [-0.2, 0) is 11.3 Å². The number of carbonyl (C=O) groups excluding carboxylic acids is 1. The zero-order valence-corrected chi connectivity index (χ0v) is 12.9. The Morgan fingerprint density at radius 1 is 1.40 bits per heavy atom. The molecule has 0 saturated carbocycles. The van der Waals surface area contributed by atoms with Crippen molar-refractivity contribution in [3.8, 4) is 0 Å². The van der Waals surface area contributed by atoms with Crippen LogP contribution in [0.1, 0.15) is 38.2 Å². The van der Waals surface area contributed by atoms with Crippen molar-refractivity contribution in [2.24, 2.45) is 5.92 Å². The molecule has 1 aromatic rings. The summed E-state index contributed by atoms with van der Waals surface area (Å²) in [7, 11) is 0. The van der Waals surface area contributed by atoms with Gasteiger partial charge < -0.3 is 9.32 Å². The third-order valence-electron chi connectivity index (χ3n) is 4.11. The highest BCUT2D eigenvalue weighted by Crippen LogP contribution is 2.21. The molecule has 1 saturated heterocycles. The molecule has 1 atom stereocenters. The Kier molecular flexibility index (Phi) is 5.24. The molecule has 0 radical (unpaired) electrons. The van der Waals surface area contributed by atoms with Gasteiger partial charge in [-0.2, -0.15) is 0 Å². The van der Waals surface area contributed by atoms with Crippen LogP contribution in [0.3, 0.4) is 0 Å². The largest absolute Gasteiger partial charge is 0.465 e. The van der Waals surface area contributed by atoms with Crippen LogP contribution in [0.15, 0.2) is 16.5 Å². The molecule has 0 bridgehead atoms. The number of nitrogens with zero attached hydrogens (tertiary/aromatic N) is 2. The fourth-order valence-electron chi connectivity index (χ4n) is 2.98. The lowest BCUT2D eigenvalue weighted by atomic mass is 9.96. The van der Waals surface area contributed by atoms with Crippen molar-refractivity contribution in [2.45, 2.75) is 40.2 Å². The molecule has 1 aliphatic heterocycles. The Morgan fingerprint density at radius 3 is 2.75 bits per heavy atom. The van der Waals surface area contributed by atoms with Crippen molar-refractivity contribution >= 4 is 5.91 Å². The van der Waals surface area contributed by atoms with Crippen LogP contribution in [0.4, 0.5) is 0 Å². The van der Waals surface area contributed by atoms with E-state index >= 15 is 0 Å². The fraction of sp³-hybridized carbons (Fsp3) is 0.688. The molecule has 0 aromatic carbocycles. The predicted octanol–water partition coefficient (Wildman–Crippen LogP) is 2.67. The highest BCUT2D eigenvalue weighted by atomic mass is 16.3. The summed E-state index contributed by atoms with van der Waals surface area (Å²) in [6.07, 6.45) is 2.11. The summed E-state index contributed by atoms with van der Waals surface area (Å²) in [5.41, 5.74) is 0. The second kappa shape index (κ2) is 6.93. The summed E-state index contributed by atoms with van der Waals surface area (Å²) in [5, 5.41) is 0. The monoisotopic (exact) mass is 278 g/mol. The molecule has 1 aromatic heterocycles. The molecule has 0 aliphatic carbocycles. The van der Waals surface area contributed by atoms with Crippen molar-refractivity contribution in [1.82, 2.24) is 9.80 Å². The summed E-state index contributed by atoms with van der Waals surface area (Å²) in [4.78, 5) is 16.7. The standard InChI is InChI=1S/C16H26N2O2/c1-4-18(5-2)16(19)14-7-6-10-17(11-14)12-15-9-8-13(3)20-15/h8-9,14H,4-7,10-12H2,1-3H3. The van der Waals surface area contributed by atoms with Gasteiger partial charge in [0.25, 0.3) is 0 Å². The van der Waals surface area contributed by atoms with Crippen LogP contribution in [0, 0.1) is 12.8 Å². The molecule has 2 rings (SSSR count). The van der Waals surface area contributed by atoms with E-state index in [1.165, 1.54) is 0 Å². The van der Waals surface area contributed by atoms with Gasteiger partial charge in [0.15, 0.2) is 0 Å². The summed E-state index contributed by atoms with van der Waals surface area (Å²) in [6.45, 7) is 10.4. The minimum atomic E-state index is 0.153. The van der Waals surface area contributed by atoms with Crippen LogP contribution in [0.5, 0.6) is 0 Å². The second-order valence-corrected chi connectivity index (χ2v) is 5.60. The van der Waals surface area contributed by atoms with E-state index in [1.807, 2.05) is 37.8 Å². The van der Waals surface area contributed by atoms with Gasteiger partial charge in [-0.1, -0.05) is 0 Å². The van der Waals surface area contributed by atoms with E-state index in [-0.39, 0.29) is 5.92 Å². The molecule has 2 heterocycles. The molecular weight excluding hydrogens is 252 g/mol. The first kappa shape index (κ1) is 15.1. The van der Waals surface area contributed by atoms with Gasteiger partial charge in [0.05, 0.1) is 12.5 Å². The van der Waals surface area contributed by atoms with Gasteiger partial charge in [-0.25, -0.2) is 0 Å². The first-order valence-corrected chi connectivity index (χ1v) is 7.70. The topological polar surface area (TPSA) is 36.7 Å². The smallest absolute Gasteiger partial charge is 0.226 e. The molecule has 20 heavy (non-hydrogen) atoms. The first-order chi connectivity index (χ1) is 9.63. The van der Waals surface area contributed by atoms with Gasteiger partial charge in [-0.3, -0.25) is 9.69 Å². The Morgan fingerprint density at radius 2 is 2.15 bits per heavy atom. The van der Waals surface area contributed by atoms with Crippen LogP contribution < -0.4 is 0 Å². The average molecular weight is 278 g/mol. The first-order valence-electron chi connectivity index (χ1n) is 7.70. The molecule has 1 amide bonds. The van der Waals surface area contributed by atoms with E-state index in [0.29, 0.717) is 5.91 Å². The molecule has 1 fully saturated rings. The molecule has 1 unspecified atom stereocenters. The van der Waals surface area contributed by atoms with Crippen molar-refractivity contribution in [3.63, 3.8) is 0 Å². The molecule has 0 spiro atoms. The Labute approximate surface area is 121 Å². The summed E-state index contributed by atoms with van der Waals surface area (Å²) in [6, 6.07) is 4.03. The van der Waals surface area contributed by atoms with Gasteiger partial charge >= 0.3 is 0 Å². The maximum Gasteiger partial charge on any atom is 0.226 e. The molecule has 1 aliphatic rings. The van der Waals surface area contributed by atoms with Gasteiger partial charge in [0.2, 0.25) is 5.91 Å². The fourth-order valence-corrected chi connectivity index (χ4v) is 2.98.